The molecule has 0 saturated heterocycles. The topological polar surface area (TPSA) is 87.5 Å². The van der Waals surface area contributed by atoms with Crippen LogP contribution in [-0.4, -0.2) is 36.1 Å². The van der Waals surface area contributed by atoms with Crippen molar-refractivity contribution in [2.45, 2.75) is 47.4 Å². The minimum absolute atomic E-state index is 0.0357. The molecule has 298 valence electrons. The first kappa shape index (κ1) is 38.8. The second-order valence-corrected chi connectivity index (χ2v) is 18.0. The molecule has 3 aliphatic rings. The maximum absolute atomic E-state index is 5.27. The Balaban J connectivity index is 1.17. The molecule has 2 N–H and O–H groups in total. The molecule has 10 rings (SSSR count). The number of aromatic nitrogens is 3. The quantitative estimate of drug-likeness (QED) is 0.0856. The molecular formula is C53H44IN7. The summed E-state index contributed by atoms with van der Waals surface area (Å²) in [5, 5.41) is 7.84. The van der Waals surface area contributed by atoms with E-state index in [0.717, 1.165) is 70.5 Å². The lowest BCUT2D eigenvalue weighted by atomic mass is 9.80. The number of aliphatic imine (C=N–C) groups is 2. The summed E-state index contributed by atoms with van der Waals surface area (Å²) >= 11 is 2.73. The molecule has 6 aromatic carbocycles. The van der Waals surface area contributed by atoms with E-state index < -0.39 is 0 Å². The van der Waals surface area contributed by atoms with Crippen molar-refractivity contribution in [3.05, 3.63) is 216 Å². The fourth-order valence-corrected chi connectivity index (χ4v) is 9.39. The Morgan fingerprint density at radius 1 is 0.541 bits per heavy atom. The average Bonchev–Trinajstić information content (AvgIpc) is 3.35. The number of alkyl halides is 1. The van der Waals surface area contributed by atoms with Crippen LogP contribution in [0.4, 0.5) is 0 Å². The van der Waals surface area contributed by atoms with Gasteiger partial charge in [0.2, 0.25) is 0 Å². The summed E-state index contributed by atoms with van der Waals surface area (Å²) in [7, 11) is 0. The number of amidine groups is 2. The predicted molar refractivity (Wildman–Crippen MR) is 256 cm³/mol. The maximum Gasteiger partial charge on any atom is 0.164 e. The largest absolute Gasteiger partial charge is 0.344 e. The van der Waals surface area contributed by atoms with Gasteiger partial charge in [-0.25, -0.2) is 24.9 Å². The van der Waals surface area contributed by atoms with Gasteiger partial charge < -0.3 is 10.6 Å². The van der Waals surface area contributed by atoms with Gasteiger partial charge in [0.1, 0.15) is 12.0 Å². The molecule has 1 aromatic heterocycles. The van der Waals surface area contributed by atoms with Crippen molar-refractivity contribution in [3.63, 3.8) is 0 Å². The Labute approximate surface area is 370 Å². The van der Waals surface area contributed by atoms with E-state index in [1.165, 1.54) is 11.1 Å². The van der Waals surface area contributed by atoms with E-state index >= 15 is 0 Å². The van der Waals surface area contributed by atoms with Gasteiger partial charge in [-0.3, -0.25) is 0 Å². The van der Waals surface area contributed by atoms with Gasteiger partial charge in [-0.05, 0) is 66.1 Å². The molecule has 7 nitrogen and oxygen atoms in total. The van der Waals surface area contributed by atoms with Crippen molar-refractivity contribution in [1.82, 2.24) is 25.6 Å². The first-order valence-corrected chi connectivity index (χ1v) is 22.0. The Bertz CT molecular complexity index is 2720. The highest BCUT2D eigenvalue weighted by Gasteiger charge is 2.39. The van der Waals surface area contributed by atoms with Crippen molar-refractivity contribution in [3.8, 4) is 34.2 Å². The highest BCUT2D eigenvalue weighted by atomic mass is 127. The first-order chi connectivity index (χ1) is 30.0. The van der Waals surface area contributed by atoms with Crippen LogP contribution in [0.15, 0.2) is 198 Å². The van der Waals surface area contributed by atoms with Crippen LogP contribution in [0.3, 0.4) is 0 Å². The van der Waals surface area contributed by atoms with Gasteiger partial charge >= 0.3 is 0 Å². The van der Waals surface area contributed by atoms with Gasteiger partial charge in [0, 0.05) is 43.3 Å². The highest BCUT2D eigenvalue weighted by molar-refractivity contribution is 14.1. The molecule has 61 heavy (non-hydrogen) atoms. The number of benzene rings is 6. The fraction of sp³-hybridized carbons (Fsp3) is 0.151. The predicted octanol–water partition coefficient (Wildman–Crippen LogP) is 11.8. The number of nitrogens with zero attached hydrogens (tertiary/aromatic N) is 5. The number of rotatable bonds is 9. The van der Waals surface area contributed by atoms with Gasteiger partial charge in [0.25, 0.3) is 0 Å². The smallest absolute Gasteiger partial charge is 0.164 e. The first-order valence-electron chi connectivity index (χ1n) is 21.0. The van der Waals surface area contributed by atoms with Gasteiger partial charge in [0.05, 0.1) is 0 Å². The van der Waals surface area contributed by atoms with E-state index in [1.807, 2.05) is 60.7 Å². The zero-order valence-electron chi connectivity index (χ0n) is 33.6. The van der Waals surface area contributed by atoms with Crippen LogP contribution in [0.25, 0.3) is 39.7 Å². The summed E-state index contributed by atoms with van der Waals surface area (Å²) in [6, 6.07) is 58.8. The van der Waals surface area contributed by atoms with Crippen molar-refractivity contribution in [2.75, 3.05) is 0 Å². The van der Waals surface area contributed by atoms with Gasteiger partial charge in [-0.2, -0.15) is 0 Å². The van der Waals surface area contributed by atoms with Crippen molar-refractivity contribution in [2.24, 2.45) is 9.98 Å². The monoisotopic (exact) mass is 905 g/mol. The van der Waals surface area contributed by atoms with Gasteiger partial charge in [-0.15, -0.1) is 0 Å². The number of nitrogens with one attached hydrogen (secondary N) is 2. The van der Waals surface area contributed by atoms with Crippen LogP contribution in [0.1, 0.15) is 65.7 Å². The summed E-state index contributed by atoms with van der Waals surface area (Å²) in [5.74, 6) is 3.25. The van der Waals surface area contributed by atoms with Crippen LogP contribution in [0, 0.1) is 0 Å². The maximum atomic E-state index is 5.27. The molecule has 4 atom stereocenters. The van der Waals surface area contributed by atoms with Gasteiger partial charge in [0.15, 0.2) is 23.3 Å². The molecule has 0 amide bonds. The lowest BCUT2D eigenvalue weighted by molar-refractivity contribution is 0.383. The van der Waals surface area contributed by atoms with E-state index in [0.29, 0.717) is 23.3 Å². The molecule has 3 heterocycles. The molecule has 8 heteroatoms. The number of hydrogen-bond acceptors (Lipinski definition) is 7. The Morgan fingerprint density at radius 3 is 1.66 bits per heavy atom. The highest BCUT2D eigenvalue weighted by Crippen LogP contribution is 2.43. The third kappa shape index (κ3) is 8.51. The summed E-state index contributed by atoms with van der Waals surface area (Å²) in [4.78, 5) is 25.9. The van der Waals surface area contributed by atoms with Crippen molar-refractivity contribution in [1.29, 1.82) is 0 Å². The summed E-state index contributed by atoms with van der Waals surface area (Å²) in [6.45, 7) is 0. The number of hydrogen-bond donors (Lipinski definition) is 2. The zero-order chi connectivity index (χ0) is 41.0. The number of halogens is 1. The number of allylic oxidation sites excluding steroid dienone is 2. The Kier molecular flexibility index (Phi) is 11.0. The lowest BCUT2D eigenvalue weighted by Crippen LogP contribution is -2.49. The molecule has 3 unspecified atom stereocenters. The second-order valence-electron chi connectivity index (χ2n) is 15.8. The normalized spacial score (nSPS) is 21.1. The van der Waals surface area contributed by atoms with Crippen LogP contribution >= 0.6 is 22.6 Å². The summed E-state index contributed by atoms with van der Waals surface area (Å²) in [6.07, 6.45) is 10.8. The lowest BCUT2D eigenvalue weighted by Gasteiger charge is -2.42. The molecular weight excluding hydrogens is 862 g/mol. The minimum atomic E-state index is -0.342. The Hall–Kier alpha value is -6.36. The summed E-state index contributed by atoms with van der Waals surface area (Å²) < 4.78 is 0.0357. The SMILES string of the molecule is IC1([C@H]2C=C(c3cc(C4=NC(c5ccccc5)=NC(c5ccccc5)N4)cc(-c4nc(-c5ccccc5)nc(-c5ccccc5)n4)c3)CC(c3ccccc3)N2)CC=CCC1. The molecule has 2 aliphatic heterocycles. The molecule has 1 aliphatic carbocycles. The van der Waals surface area contributed by atoms with Crippen molar-refractivity contribution >= 4 is 39.8 Å². The minimum Gasteiger partial charge on any atom is -0.344 e. The second kappa shape index (κ2) is 17.3. The van der Waals surface area contributed by atoms with Crippen LogP contribution < -0.4 is 10.6 Å². The Morgan fingerprint density at radius 2 is 1.07 bits per heavy atom. The van der Waals surface area contributed by atoms with Crippen molar-refractivity contribution < 1.29 is 0 Å². The van der Waals surface area contributed by atoms with E-state index in [4.69, 9.17) is 24.9 Å². The van der Waals surface area contributed by atoms with Gasteiger partial charge in [-0.1, -0.05) is 192 Å². The molecule has 0 bridgehead atoms. The third-order valence-corrected chi connectivity index (χ3v) is 13.4. The standard InChI is InChI=1S/C53H44IN7/c54-53(29-17-6-18-30-53)46-35-42(34-45(55-46)36-19-7-1-8-20-36)41-31-43(51-58-47(37-21-9-2-10-22-37)56-48(59-51)38-23-11-3-12-24-38)33-44(32-41)52-60-49(39-25-13-4-14-26-39)57-50(61-52)40-27-15-5-16-28-40/h1-17,19-28,31-33,35,45-47,55H,18,29-30,34H2,(H,56,58,59)/t45?,46-,47?,53?/m1/s1. The molecule has 0 saturated carbocycles. The van der Waals surface area contributed by atoms with Crippen LogP contribution in [-0.2, 0) is 0 Å². The van der Waals surface area contributed by atoms with E-state index in [9.17, 15) is 0 Å². The van der Waals surface area contributed by atoms with E-state index in [2.05, 4.69) is 161 Å². The fourth-order valence-electron chi connectivity index (χ4n) is 8.47. The molecule has 0 fully saturated rings. The van der Waals surface area contributed by atoms with Crippen LogP contribution in [0.2, 0.25) is 0 Å². The van der Waals surface area contributed by atoms with E-state index in [1.54, 1.807) is 0 Å². The van der Waals surface area contributed by atoms with E-state index in [-0.39, 0.29) is 21.7 Å². The van der Waals surface area contributed by atoms with Crippen LogP contribution in [0.5, 0.6) is 0 Å². The molecule has 0 spiro atoms. The third-order valence-electron chi connectivity index (χ3n) is 11.7. The zero-order valence-corrected chi connectivity index (χ0v) is 35.7. The molecule has 7 aromatic rings. The summed E-state index contributed by atoms with van der Waals surface area (Å²) in [5.41, 5.74) is 9.35. The average molecular weight is 906 g/mol. The molecule has 0 radical (unpaired) electrons.